The molecule has 2 fully saturated rings. The van der Waals surface area contributed by atoms with E-state index in [1.54, 1.807) is 13.2 Å². The number of rotatable bonds is 2. The Labute approximate surface area is 147 Å². The van der Waals surface area contributed by atoms with Crippen LogP contribution in [0.1, 0.15) is 60.3 Å². The monoisotopic (exact) mass is 331 g/mol. The summed E-state index contributed by atoms with van der Waals surface area (Å²) >= 11 is 0. The average molecular weight is 332 g/mol. The van der Waals surface area contributed by atoms with Crippen LogP contribution in [-0.4, -0.2) is 42.5 Å². The molecule has 0 aliphatic carbocycles. The number of methoxy groups -OCH3 is 1. The maximum Gasteiger partial charge on any atom is 0.142 e. The van der Waals surface area contributed by atoms with E-state index in [9.17, 15) is 4.79 Å². The summed E-state index contributed by atoms with van der Waals surface area (Å²) in [6.07, 6.45) is 7.16. The molecule has 0 aromatic rings. The summed E-state index contributed by atoms with van der Waals surface area (Å²) in [5, 5.41) is 0. The topological polar surface area (TPSA) is 29.5 Å². The third kappa shape index (κ3) is 3.92. The van der Waals surface area contributed by atoms with Gasteiger partial charge in [0.15, 0.2) is 0 Å². The molecule has 2 saturated heterocycles. The second kappa shape index (κ2) is 7.42. The molecule has 0 N–H and O–H groups in total. The van der Waals surface area contributed by atoms with Crippen molar-refractivity contribution in [1.29, 1.82) is 0 Å². The van der Waals surface area contributed by atoms with Crippen LogP contribution in [0.2, 0.25) is 0 Å². The molecule has 2 aliphatic rings. The van der Waals surface area contributed by atoms with Crippen molar-refractivity contribution < 1.29 is 9.53 Å². The number of carbonyl (C=O) groups excluding carboxylic acids is 1. The predicted molar refractivity (Wildman–Crippen MR) is 98.7 cm³/mol. The number of nitrogens with zero attached hydrogens (tertiary/aromatic N) is 1. The Bertz CT molecular complexity index is 548. The van der Waals surface area contributed by atoms with Crippen LogP contribution in [0.5, 0.6) is 0 Å². The van der Waals surface area contributed by atoms with Gasteiger partial charge < -0.3 is 4.74 Å². The van der Waals surface area contributed by atoms with Crippen molar-refractivity contribution in [1.82, 2.24) is 4.90 Å². The molecule has 0 amide bonds. The zero-order chi connectivity index (χ0) is 18.0. The molecular weight excluding hydrogens is 298 g/mol. The molecule has 0 spiro atoms. The van der Waals surface area contributed by atoms with Crippen LogP contribution in [0.3, 0.4) is 0 Å². The molecule has 3 heteroatoms. The van der Waals surface area contributed by atoms with E-state index in [-0.39, 0.29) is 11.3 Å². The van der Waals surface area contributed by atoms with Crippen molar-refractivity contribution in [2.45, 2.75) is 78.0 Å². The smallest absolute Gasteiger partial charge is 0.142 e. The van der Waals surface area contributed by atoms with E-state index < -0.39 is 5.60 Å². The summed E-state index contributed by atoms with van der Waals surface area (Å²) in [5.74, 6) is 6.94. The average Bonchev–Trinajstić information content (AvgIpc) is 2.62. The van der Waals surface area contributed by atoms with Gasteiger partial charge in [-0.05, 0) is 72.1 Å². The SMILES string of the molecule is CO[C@@]1(C)/C(=C\C=O)C(C#CC(C)(C)C)C[C@H](C)N2CCCCC21. The number of hydrogen-bond acceptors (Lipinski definition) is 3. The molecule has 2 unspecified atom stereocenters. The fourth-order valence-corrected chi connectivity index (χ4v) is 4.26. The first kappa shape index (κ1) is 19.2. The fourth-order valence-electron chi connectivity index (χ4n) is 4.26. The molecular formula is C21H33NO2. The highest BCUT2D eigenvalue weighted by molar-refractivity contribution is 5.67. The molecule has 134 valence electrons. The first-order valence-electron chi connectivity index (χ1n) is 9.22. The van der Waals surface area contributed by atoms with Gasteiger partial charge in [-0.15, -0.1) is 0 Å². The summed E-state index contributed by atoms with van der Waals surface area (Å²) in [6, 6.07) is 0.764. The van der Waals surface area contributed by atoms with Crippen LogP contribution in [0.4, 0.5) is 0 Å². The Morgan fingerprint density at radius 1 is 1.33 bits per heavy atom. The standard InChI is InChI=1S/C21H33NO2/c1-16-15-17(10-12-20(2,3)4)18(11-14-23)21(5,24-6)19-9-7-8-13-22(16)19/h11,14,16-17,19H,7-9,13,15H2,1-6H3/b18-11-/t16-,17?,19?,21-/m0/s1. The summed E-state index contributed by atoms with van der Waals surface area (Å²) in [7, 11) is 1.77. The molecule has 0 saturated carbocycles. The van der Waals surface area contributed by atoms with Gasteiger partial charge in [0, 0.05) is 30.5 Å². The van der Waals surface area contributed by atoms with Gasteiger partial charge in [-0.1, -0.05) is 18.3 Å². The normalized spacial score (nSPS) is 36.4. The maximum atomic E-state index is 11.4. The molecule has 2 aliphatic heterocycles. The molecule has 2 heterocycles. The number of fused-ring (bicyclic) bond motifs is 1. The summed E-state index contributed by atoms with van der Waals surface area (Å²) in [6.45, 7) is 11.9. The maximum absolute atomic E-state index is 11.4. The lowest BCUT2D eigenvalue weighted by Crippen LogP contribution is -2.56. The van der Waals surface area contributed by atoms with Crippen LogP contribution in [0, 0.1) is 23.2 Å². The zero-order valence-corrected chi connectivity index (χ0v) is 16.2. The van der Waals surface area contributed by atoms with Gasteiger partial charge in [-0.2, -0.15) is 0 Å². The highest BCUT2D eigenvalue weighted by Gasteiger charge is 2.48. The molecule has 0 aromatic heterocycles. The molecule has 3 nitrogen and oxygen atoms in total. The Kier molecular flexibility index (Phi) is 5.94. The van der Waals surface area contributed by atoms with Crippen LogP contribution in [0.15, 0.2) is 11.6 Å². The van der Waals surface area contributed by atoms with E-state index in [0.717, 1.165) is 31.2 Å². The summed E-state index contributed by atoms with van der Waals surface area (Å²) in [4.78, 5) is 14.0. The molecule has 24 heavy (non-hydrogen) atoms. The minimum Gasteiger partial charge on any atom is -0.372 e. The number of piperidine rings is 1. The van der Waals surface area contributed by atoms with Gasteiger partial charge in [0.1, 0.15) is 11.9 Å². The lowest BCUT2D eigenvalue weighted by Gasteiger charge is -2.46. The lowest BCUT2D eigenvalue weighted by atomic mass is 9.77. The van der Waals surface area contributed by atoms with Crippen molar-refractivity contribution in [3.05, 3.63) is 11.6 Å². The van der Waals surface area contributed by atoms with Gasteiger partial charge in [-0.25, -0.2) is 0 Å². The predicted octanol–water partition coefficient (Wildman–Crippen LogP) is 3.83. The largest absolute Gasteiger partial charge is 0.372 e. The van der Waals surface area contributed by atoms with Gasteiger partial charge in [-0.3, -0.25) is 9.69 Å². The van der Waals surface area contributed by atoms with Crippen LogP contribution < -0.4 is 0 Å². The fraction of sp³-hybridized carbons (Fsp3) is 0.762. The van der Waals surface area contributed by atoms with Crippen molar-refractivity contribution in [3.8, 4) is 11.8 Å². The van der Waals surface area contributed by atoms with Crippen molar-refractivity contribution in [2.75, 3.05) is 13.7 Å². The first-order valence-corrected chi connectivity index (χ1v) is 9.22. The molecule has 0 radical (unpaired) electrons. The zero-order valence-electron chi connectivity index (χ0n) is 16.2. The quantitative estimate of drug-likeness (QED) is 0.437. The summed E-state index contributed by atoms with van der Waals surface area (Å²) in [5.41, 5.74) is 0.555. The third-order valence-corrected chi connectivity index (χ3v) is 5.56. The van der Waals surface area contributed by atoms with Crippen molar-refractivity contribution in [2.24, 2.45) is 11.3 Å². The molecule has 0 aromatic carbocycles. The molecule has 4 atom stereocenters. The van der Waals surface area contributed by atoms with Gasteiger partial charge in [0.05, 0.1) is 0 Å². The van der Waals surface area contributed by atoms with Gasteiger partial charge in [0.25, 0.3) is 0 Å². The minimum atomic E-state index is -0.455. The highest BCUT2D eigenvalue weighted by Crippen LogP contribution is 2.43. The number of hydrogen-bond donors (Lipinski definition) is 0. The van der Waals surface area contributed by atoms with E-state index >= 15 is 0 Å². The van der Waals surface area contributed by atoms with Crippen molar-refractivity contribution >= 4 is 6.29 Å². The molecule has 2 rings (SSSR count). The second-order valence-corrected chi connectivity index (χ2v) is 8.48. The number of carbonyl (C=O) groups is 1. The van der Waals surface area contributed by atoms with Gasteiger partial charge >= 0.3 is 0 Å². The van der Waals surface area contributed by atoms with E-state index in [1.165, 1.54) is 12.8 Å². The Morgan fingerprint density at radius 2 is 2.04 bits per heavy atom. The lowest BCUT2D eigenvalue weighted by molar-refractivity contribution is -0.104. The van der Waals surface area contributed by atoms with Crippen LogP contribution in [0.25, 0.3) is 0 Å². The third-order valence-electron chi connectivity index (χ3n) is 5.56. The van der Waals surface area contributed by atoms with Gasteiger partial charge in [0.2, 0.25) is 0 Å². The van der Waals surface area contributed by atoms with E-state index in [0.29, 0.717) is 12.1 Å². The second-order valence-electron chi connectivity index (χ2n) is 8.48. The van der Waals surface area contributed by atoms with E-state index in [2.05, 4.69) is 51.4 Å². The van der Waals surface area contributed by atoms with E-state index in [4.69, 9.17) is 4.74 Å². The minimum absolute atomic E-state index is 0.0433. The molecule has 0 bridgehead atoms. The van der Waals surface area contributed by atoms with E-state index in [1.807, 2.05) is 0 Å². The Morgan fingerprint density at radius 3 is 2.62 bits per heavy atom. The summed E-state index contributed by atoms with van der Waals surface area (Å²) < 4.78 is 6.07. The van der Waals surface area contributed by atoms with Crippen LogP contribution >= 0.6 is 0 Å². The van der Waals surface area contributed by atoms with Crippen molar-refractivity contribution in [3.63, 3.8) is 0 Å². The number of allylic oxidation sites excluding steroid dienone is 1. The highest BCUT2D eigenvalue weighted by atomic mass is 16.5. The number of aldehydes is 1. The van der Waals surface area contributed by atoms with Crippen LogP contribution in [-0.2, 0) is 9.53 Å². The number of ether oxygens (including phenoxy) is 1. The Balaban J connectivity index is 2.53. The first-order chi connectivity index (χ1) is 11.2. The Hall–Kier alpha value is -1.11.